The summed E-state index contributed by atoms with van der Waals surface area (Å²) < 4.78 is 5.27. The highest BCUT2D eigenvalue weighted by Crippen LogP contribution is 2.09. The Labute approximate surface area is 114 Å². The summed E-state index contributed by atoms with van der Waals surface area (Å²) in [6.45, 7) is 7.40. The molecule has 106 valence electrons. The van der Waals surface area contributed by atoms with Crippen LogP contribution < -0.4 is 5.32 Å². The van der Waals surface area contributed by atoms with Crippen LogP contribution in [-0.4, -0.2) is 42.8 Å². The van der Waals surface area contributed by atoms with E-state index in [1.807, 2.05) is 12.1 Å². The van der Waals surface area contributed by atoms with Gasteiger partial charge in [0.2, 0.25) is 0 Å². The lowest BCUT2D eigenvalue weighted by atomic mass is 10.2. The maximum atomic E-state index is 11.9. The van der Waals surface area contributed by atoms with Gasteiger partial charge in [-0.2, -0.15) is 10.5 Å². The average Bonchev–Trinajstić information content (AvgIpc) is 2.30. The van der Waals surface area contributed by atoms with E-state index in [0.717, 1.165) is 0 Å². The summed E-state index contributed by atoms with van der Waals surface area (Å²) in [5.41, 5.74) is -0.545. The number of carbonyl (C=O) groups excluding carboxylic acids is 1. The van der Waals surface area contributed by atoms with Crippen molar-refractivity contribution in [2.45, 2.75) is 39.2 Å². The van der Waals surface area contributed by atoms with Crippen LogP contribution in [0.15, 0.2) is 0 Å². The third-order valence-electron chi connectivity index (χ3n) is 2.12. The van der Waals surface area contributed by atoms with Gasteiger partial charge in [-0.05, 0) is 20.8 Å². The fourth-order valence-electron chi connectivity index (χ4n) is 1.29. The largest absolute Gasteiger partial charge is 0.444 e. The Balaban J connectivity index is 4.19. The van der Waals surface area contributed by atoms with E-state index in [1.165, 1.54) is 4.90 Å². The molecule has 0 atom stereocenters. The van der Waals surface area contributed by atoms with E-state index in [4.69, 9.17) is 15.3 Å². The number of nitrogens with one attached hydrogen (secondary N) is 1. The Morgan fingerprint density at radius 2 is 1.79 bits per heavy atom. The summed E-state index contributed by atoms with van der Waals surface area (Å²) in [4.78, 5) is 13.4. The number of hydrogen-bond acceptors (Lipinski definition) is 5. The first-order chi connectivity index (χ1) is 8.90. The van der Waals surface area contributed by atoms with Crippen molar-refractivity contribution in [2.24, 2.45) is 0 Å². The molecule has 6 heteroatoms. The van der Waals surface area contributed by atoms with Gasteiger partial charge in [0.1, 0.15) is 5.60 Å². The lowest BCUT2D eigenvalue weighted by molar-refractivity contribution is 0.0256. The minimum atomic E-state index is -0.545. The van der Waals surface area contributed by atoms with E-state index in [1.54, 1.807) is 20.8 Å². The van der Waals surface area contributed by atoms with Gasteiger partial charge in [-0.3, -0.25) is 0 Å². The predicted octanol–water partition coefficient (Wildman–Crippen LogP) is 1.64. The summed E-state index contributed by atoms with van der Waals surface area (Å²) in [6.07, 6.45) is 0.298. The van der Waals surface area contributed by atoms with Crippen molar-refractivity contribution >= 4 is 6.09 Å². The Morgan fingerprint density at radius 1 is 1.16 bits per heavy atom. The molecule has 0 bridgehead atoms. The fourth-order valence-corrected chi connectivity index (χ4v) is 1.29. The van der Waals surface area contributed by atoms with Crippen LogP contribution in [0.5, 0.6) is 0 Å². The molecular formula is C13H22N4O2. The van der Waals surface area contributed by atoms with Crippen molar-refractivity contribution in [3.63, 3.8) is 0 Å². The van der Waals surface area contributed by atoms with Crippen molar-refractivity contribution in [1.29, 1.82) is 10.5 Å². The highest BCUT2D eigenvalue weighted by atomic mass is 16.6. The Bertz CT molecular complexity index is 349. The Kier molecular flexibility index (Phi) is 8.32. The van der Waals surface area contributed by atoms with Gasteiger partial charge in [0.05, 0.1) is 18.6 Å². The van der Waals surface area contributed by atoms with Crippen LogP contribution in [0.1, 0.15) is 33.6 Å². The van der Waals surface area contributed by atoms with Crippen molar-refractivity contribution in [1.82, 2.24) is 10.2 Å². The van der Waals surface area contributed by atoms with Crippen LogP contribution >= 0.6 is 0 Å². The standard InChI is InChI=1S/C13H22N4O2/c1-13(2,3)19-12(18)17(10-5-7-15)11-9-16-8-4-6-14/h16H,4-5,8-11H2,1-3H3. The molecule has 19 heavy (non-hydrogen) atoms. The molecule has 0 aromatic heterocycles. The van der Waals surface area contributed by atoms with Crippen molar-refractivity contribution in [3.8, 4) is 12.1 Å². The van der Waals surface area contributed by atoms with Gasteiger partial charge in [0.15, 0.2) is 0 Å². The molecule has 0 aromatic rings. The zero-order valence-corrected chi connectivity index (χ0v) is 11.9. The molecule has 0 spiro atoms. The number of ether oxygens (including phenoxy) is 1. The van der Waals surface area contributed by atoms with Crippen LogP contribution in [0.4, 0.5) is 4.79 Å². The maximum Gasteiger partial charge on any atom is 0.410 e. The zero-order chi connectivity index (χ0) is 14.7. The molecule has 0 aliphatic heterocycles. The predicted molar refractivity (Wildman–Crippen MR) is 71.1 cm³/mol. The third kappa shape index (κ3) is 9.87. The minimum Gasteiger partial charge on any atom is -0.444 e. The van der Waals surface area contributed by atoms with Crippen LogP contribution in [0.2, 0.25) is 0 Å². The molecule has 0 rings (SSSR count). The summed E-state index contributed by atoms with van der Waals surface area (Å²) in [5.74, 6) is 0. The van der Waals surface area contributed by atoms with Crippen molar-refractivity contribution in [2.75, 3.05) is 26.2 Å². The lowest BCUT2D eigenvalue weighted by Crippen LogP contribution is -2.41. The molecule has 0 heterocycles. The number of rotatable bonds is 7. The molecule has 6 nitrogen and oxygen atoms in total. The molecule has 0 aliphatic carbocycles. The number of carbonyl (C=O) groups is 1. The van der Waals surface area contributed by atoms with E-state index >= 15 is 0 Å². The van der Waals surface area contributed by atoms with E-state index in [0.29, 0.717) is 32.6 Å². The number of amides is 1. The van der Waals surface area contributed by atoms with Gasteiger partial charge in [0, 0.05) is 32.6 Å². The van der Waals surface area contributed by atoms with Gasteiger partial charge in [-0.25, -0.2) is 4.79 Å². The third-order valence-corrected chi connectivity index (χ3v) is 2.12. The quantitative estimate of drug-likeness (QED) is 0.707. The molecule has 1 N–H and O–H groups in total. The van der Waals surface area contributed by atoms with Gasteiger partial charge in [0.25, 0.3) is 0 Å². The molecule has 0 aliphatic rings. The van der Waals surface area contributed by atoms with E-state index in [9.17, 15) is 4.79 Å². The molecule has 0 saturated heterocycles. The van der Waals surface area contributed by atoms with Crippen LogP contribution in [0, 0.1) is 22.7 Å². The normalized spacial score (nSPS) is 10.4. The smallest absolute Gasteiger partial charge is 0.410 e. The fraction of sp³-hybridized carbons (Fsp3) is 0.769. The first kappa shape index (κ1) is 17.2. The first-order valence-electron chi connectivity index (χ1n) is 6.33. The van der Waals surface area contributed by atoms with Crippen LogP contribution in [0.25, 0.3) is 0 Å². The molecule has 0 radical (unpaired) electrons. The molecule has 0 unspecified atom stereocenters. The van der Waals surface area contributed by atoms with Gasteiger partial charge in [-0.15, -0.1) is 0 Å². The Hall–Kier alpha value is -1.79. The lowest BCUT2D eigenvalue weighted by Gasteiger charge is -2.27. The van der Waals surface area contributed by atoms with Crippen molar-refractivity contribution < 1.29 is 9.53 Å². The zero-order valence-electron chi connectivity index (χ0n) is 11.9. The van der Waals surface area contributed by atoms with Gasteiger partial charge >= 0.3 is 6.09 Å². The maximum absolute atomic E-state index is 11.9. The highest BCUT2D eigenvalue weighted by Gasteiger charge is 2.21. The molecule has 0 aromatic carbocycles. The number of nitrogens with zero attached hydrogens (tertiary/aromatic N) is 3. The van der Waals surface area contributed by atoms with E-state index < -0.39 is 11.7 Å². The van der Waals surface area contributed by atoms with E-state index in [2.05, 4.69) is 5.32 Å². The van der Waals surface area contributed by atoms with Gasteiger partial charge in [-0.1, -0.05) is 0 Å². The minimum absolute atomic E-state index is 0.275. The van der Waals surface area contributed by atoms with Crippen molar-refractivity contribution in [3.05, 3.63) is 0 Å². The topological polar surface area (TPSA) is 89.2 Å². The summed E-state index contributed by atoms with van der Waals surface area (Å²) in [7, 11) is 0. The average molecular weight is 266 g/mol. The highest BCUT2D eigenvalue weighted by molar-refractivity contribution is 5.68. The summed E-state index contributed by atoms with van der Waals surface area (Å²) >= 11 is 0. The molecule has 0 saturated carbocycles. The summed E-state index contributed by atoms with van der Waals surface area (Å²) in [6, 6.07) is 4.05. The second-order valence-electron chi connectivity index (χ2n) is 5.03. The Morgan fingerprint density at radius 3 is 2.32 bits per heavy atom. The molecule has 1 amide bonds. The van der Waals surface area contributed by atoms with E-state index in [-0.39, 0.29) is 6.42 Å². The molecular weight excluding hydrogens is 244 g/mol. The molecule has 0 fully saturated rings. The second-order valence-corrected chi connectivity index (χ2v) is 5.03. The van der Waals surface area contributed by atoms with Gasteiger partial charge < -0.3 is 15.0 Å². The number of nitriles is 2. The van der Waals surface area contributed by atoms with Crippen LogP contribution in [0.3, 0.4) is 0 Å². The number of hydrogen-bond donors (Lipinski definition) is 1. The van der Waals surface area contributed by atoms with Crippen LogP contribution in [-0.2, 0) is 4.74 Å². The monoisotopic (exact) mass is 266 g/mol. The second kappa shape index (κ2) is 9.18. The summed E-state index contributed by atoms with van der Waals surface area (Å²) in [5, 5.41) is 20.0. The SMILES string of the molecule is CC(C)(C)OC(=O)N(CCC#N)CCNCCC#N. The first-order valence-corrected chi connectivity index (χ1v) is 6.33.